The number of carbonyl (C=O) groups is 1. The van der Waals surface area contributed by atoms with Gasteiger partial charge in [0.1, 0.15) is 5.82 Å². The second kappa shape index (κ2) is 4.97. The Kier molecular flexibility index (Phi) is 3.89. The van der Waals surface area contributed by atoms with E-state index in [1.54, 1.807) is 12.1 Å². The Morgan fingerprint density at radius 3 is 2.54 bits per heavy atom. The third-order valence-electron chi connectivity index (χ3n) is 1.59. The second-order valence-corrected chi connectivity index (χ2v) is 3.30. The number of hydrogen-bond donors (Lipinski definition) is 1. The van der Waals surface area contributed by atoms with Gasteiger partial charge in [-0.2, -0.15) is 0 Å². The first-order chi connectivity index (χ1) is 6.18. The van der Waals surface area contributed by atoms with Crippen molar-refractivity contribution < 1.29 is 9.18 Å². The van der Waals surface area contributed by atoms with Gasteiger partial charge >= 0.3 is 0 Å². The van der Waals surface area contributed by atoms with Crippen LogP contribution < -0.4 is 5.32 Å². The van der Waals surface area contributed by atoms with Gasteiger partial charge in [-0.05, 0) is 24.1 Å². The minimum atomic E-state index is -0.242. The molecule has 0 fully saturated rings. The second-order valence-electron chi connectivity index (χ2n) is 2.58. The third kappa shape index (κ3) is 4.03. The Hall–Kier alpha value is -0.900. The summed E-state index contributed by atoms with van der Waals surface area (Å²) in [6.07, 6.45) is 0.706. The molecule has 1 amide bonds. The average molecular weight is 246 g/mol. The molecule has 0 aliphatic carbocycles. The van der Waals surface area contributed by atoms with Crippen molar-refractivity contribution in [3.63, 3.8) is 0 Å². The highest BCUT2D eigenvalue weighted by molar-refractivity contribution is 9.18. The summed E-state index contributed by atoms with van der Waals surface area (Å²) in [4.78, 5) is 10.2. The molecule has 4 heteroatoms. The number of hydrogen-bond acceptors (Lipinski definition) is 1. The molecule has 0 unspecified atom stereocenters. The van der Waals surface area contributed by atoms with Gasteiger partial charge in [-0.15, -0.1) is 0 Å². The van der Waals surface area contributed by atoms with Crippen LogP contribution >= 0.6 is 15.9 Å². The number of carbonyl (C=O) groups excluding carboxylic acids is 1. The highest BCUT2D eigenvalue weighted by atomic mass is 79.9. The number of nitrogens with one attached hydrogen (secondary N) is 1. The Labute approximate surface area is 84.3 Å². The zero-order valence-corrected chi connectivity index (χ0v) is 8.47. The molecule has 1 N–H and O–H groups in total. The zero-order chi connectivity index (χ0) is 9.68. The van der Waals surface area contributed by atoms with Gasteiger partial charge in [0.15, 0.2) is 0 Å². The first-order valence-electron chi connectivity index (χ1n) is 3.86. The Balaban J connectivity index is 2.37. The van der Waals surface area contributed by atoms with Crippen LogP contribution in [0.1, 0.15) is 5.56 Å². The highest BCUT2D eigenvalue weighted by Crippen LogP contribution is 2.02. The Bertz CT molecular complexity index is 286. The summed E-state index contributed by atoms with van der Waals surface area (Å²) in [5.74, 6) is -0.242. The lowest BCUT2D eigenvalue weighted by Crippen LogP contribution is -2.18. The smallest absolute Gasteiger partial charge is 0.287 e. The summed E-state index contributed by atoms with van der Waals surface area (Å²) in [6, 6.07) is 6.22. The van der Waals surface area contributed by atoms with Crippen molar-refractivity contribution >= 4 is 20.7 Å². The van der Waals surface area contributed by atoms with E-state index in [1.165, 1.54) is 12.1 Å². The summed E-state index contributed by atoms with van der Waals surface area (Å²) in [6.45, 7) is 0.551. The number of halogens is 2. The van der Waals surface area contributed by atoms with E-state index in [2.05, 4.69) is 21.2 Å². The van der Waals surface area contributed by atoms with Crippen LogP contribution in [0.5, 0.6) is 0 Å². The maximum absolute atomic E-state index is 12.5. The maximum Gasteiger partial charge on any atom is 0.287 e. The van der Waals surface area contributed by atoms with Crippen LogP contribution in [-0.4, -0.2) is 11.4 Å². The van der Waals surface area contributed by atoms with Gasteiger partial charge in [0, 0.05) is 22.5 Å². The van der Waals surface area contributed by atoms with Crippen LogP contribution in [0.4, 0.5) is 9.18 Å². The van der Waals surface area contributed by atoms with Crippen molar-refractivity contribution in [2.24, 2.45) is 0 Å². The van der Waals surface area contributed by atoms with Gasteiger partial charge in [0.25, 0.3) is 4.82 Å². The molecule has 0 aliphatic rings. The molecule has 0 radical (unpaired) electrons. The van der Waals surface area contributed by atoms with Gasteiger partial charge in [0.2, 0.25) is 0 Å². The van der Waals surface area contributed by atoms with Crippen LogP contribution in [0.3, 0.4) is 0 Å². The minimum Gasteiger partial charge on any atom is -0.346 e. The lowest BCUT2D eigenvalue weighted by Gasteiger charge is -2.00. The number of amides is 1. The van der Waals surface area contributed by atoms with Crippen molar-refractivity contribution in [2.75, 3.05) is 6.54 Å². The third-order valence-corrected chi connectivity index (χ3v) is 1.87. The van der Waals surface area contributed by atoms with Crippen molar-refractivity contribution in [1.29, 1.82) is 0 Å². The Morgan fingerprint density at radius 1 is 1.38 bits per heavy atom. The lowest BCUT2D eigenvalue weighted by atomic mass is 10.1. The standard InChI is InChI=1S/C9H9BrFNO/c10-9(13)12-6-5-7-1-3-8(11)4-2-7/h1-4H,5-6H2,(H,12,13). The van der Waals surface area contributed by atoms with E-state index in [-0.39, 0.29) is 10.6 Å². The van der Waals surface area contributed by atoms with Crippen molar-refractivity contribution in [1.82, 2.24) is 5.32 Å². The molecule has 1 aromatic carbocycles. The maximum atomic E-state index is 12.5. The molecule has 0 aromatic heterocycles. The molecule has 0 heterocycles. The molecule has 2 nitrogen and oxygen atoms in total. The fraction of sp³-hybridized carbons (Fsp3) is 0.222. The van der Waals surface area contributed by atoms with Crippen LogP contribution in [0.25, 0.3) is 0 Å². The molecule has 0 saturated carbocycles. The summed E-state index contributed by atoms with van der Waals surface area (Å²) < 4.78 is 12.5. The van der Waals surface area contributed by atoms with Crippen molar-refractivity contribution in [2.45, 2.75) is 6.42 Å². The summed E-state index contributed by atoms with van der Waals surface area (Å²) in [5, 5.41) is 2.59. The Morgan fingerprint density at radius 2 is 2.00 bits per heavy atom. The van der Waals surface area contributed by atoms with Crippen LogP contribution in [0.2, 0.25) is 0 Å². The monoisotopic (exact) mass is 245 g/mol. The molecule has 0 bridgehead atoms. The van der Waals surface area contributed by atoms with E-state index >= 15 is 0 Å². The fourth-order valence-electron chi connectivity index (χ4n) is 0.956. The van der Waals surface area contributed by atoms with E-state index in [0.717, 1.165) is 5.56 Å². The predicted molar refractivity (Wildman–Crippen MR) is 52.4 cm³/mol. The van der Waals surface area contributed by atoms with Crippen LogP contribution in [0.15, 0.2) is 24.3 Å². The van der Waals surface area contributed by atoms with Gasteiger partial charge < -0.3 is 5.32 Å². The van der Waals surface area contributed by atoms with Gasteiger partial charge in [-0.1, -0.05) is 12.1 Å². The molecule has 13 heavy (non-hydrogen) atoms. The topological polar surface area (TPSA) is 29.1 Å². The SMILES string of the molecule is O=C(Br)NCCc1ccc(F)cc1. The molecule has 0 saturated heterocycles. The lowest BCUT2D eigenvalue weighted by molar-refractivity contribution is 0.262. The molecular weight excluding hydrogens is 237 g/mol. The van der Waals surface area contributed by atoms with E-state index in [4.69, 9.17) is 0 Å². The fourth-order valence-corrected chi connectivity index (χ4v) is 1.15. The summed E-state index contributed by atoms with van der Waals surface area (Å²) in [5.41, 5.74) is 1.00. The highest BCUT2D eigenvalue weighted by Gasteiger charge is 1.95. The molecule has 70 valence electrons. The van der Waals surface area contributed by atoms with Crippen LogP contribution in [0, 0.1) is 5.82 Å². The summed E-state index contributed by atoms with van der Waals surface area (Å²) in [7, 11) is 0. The van der Waals surface area contributed by atoms with E-state index < -0.39 is 0 Å². The van der Waals surface area contributed by atoms with Gasteiger partial charge in [0.05, 0.1) is 0 Å². The van der Waals surface area contributed by atoms with E-state index in [9.17, 15) is 9.18 Å². The molecule has 0 spiro atoms. The number of benzene rings is 1. The first-order valence-corrected chi connectivity index (χ1v) is 4.65. The van der Waals surface area contributed by atoms with Crippen molar-refractivity contribution in [3.05, 3.63) is 35.6 Å². The van der Waals surface area contributed by atoms with Gasteiger partial charge in [-0.25, -0.2) is 4.39 Å². The summed E-state index contributed by atoms with van der Waals surface area (Å²) >= 11 is 2.75. The molecular formula is C9H9BrFNO. The molecule has 1 rings (SSSR count). The van der Waals surface area contributed by atoms with E-state index in [0.29, 0.717) is 13.0 Å². The average Bonchev–Trinajstić information content (AvgIpc) is 2.08. The van der Waals surface area contributed by atoms with Crippen molar-refractivity contribution in [3.8, 4) is 0 Å². The van der Waals surface area contributed by atoms with E-state index in [1.807, 2.05) is 0 Å². The molecule has 1 aromatic rings. The minimum absolute atomic E-state index is 0.227. The van der Waals surface area contributed by atoms with Crippen LogP contribution in [-0.2, 0) is 6.42 Å². The first kappa shape index (κ1) is 10.2. The molecule has 0 aliphatic heterocycles. The number of rotatable bonds is 3. The normalized spacial score (nSPS) is 9.69. The predicted octanol–water partition coefficient (Wildman–Crippen LogP) is 2.47. The zero-order valence-electron chi connectivity index (χ0n) is 6.89. The quantitative estimate of drug-likeness (QED) is 0.644. The van der Waals surface area contributed by atoms with Gasteiger partial charge in [-0.3, -0.25) is 4.79 Å². The largest absolute Gasteiger partial charge is 0.346 e. The molecule has 0 atom stereocenters.